The zero-order valence-corrected chi connectivity index (χ0v) is 17.2. The molecule has 3 rings (SSSR count). The Morgan fingerprint density at radius 1 is 1.23 bits per heavy atom. The highest BCUT2D eigenvalue weighted by molar-refractivity contribution is 7.99. The Morgan fingerprint density at radius 3 is 2.62 bits per heavy atom. The number of amides is 1. The van der Waals surface area contributed by atoms with Crippen LogP contribution in [0.4, 0.5) is 5.82 Å². The van der Waals surface area contributed by atoms with Crippen molar-refractivity contribution in [3.05, 3.63) is 11.2 Å². The Morgan fingerprint density at radius 2 is 1.92 bits per heavy atom. The largest absolute Gasteiger partial charge is 0.356 e. The molecule has 8 heteroatoms. The second-order valence-corrected chi connectivity index (χ2v) is 8.54. The van der Waals surface area contributed by atoms with Crippen LogP contribution in [0, 0.1) is 0 Å². The monoisotopic (exact) mass is 397 g/mol. The summed E-state index contributed by atoms with van der Waals surface area (Å²) in [6.45, 7) is 3.94. The molecule has 0 atom stereocenters. The van der Waals surface area contributed by atoms with Gasteiger partial charge >= 0.3 is 0 Å². The maximum absolute atomic E-state index is 12.4. The number of carbonyl (C=O) groups excluding carboxylic acids is 1. The standard InChI is InChI=1S/C18H28ClN5OS/c1-22-10-6-14(7-11-22)23(2)16-12-15(19)20-18(21-16)26-13-17(25)24-8-4-3-5-9-24/h12,14H,3-11,13H2,1-2H3. The third-order valence-corrected chi connectivity index (χ3v) is 6.32. The molecule has 0 aliphatic carbocycles. The molecule has 1 aromatic rings. The lowest BCUT2D eigenvalue weighted by molar-refractivity contribution is -0.129. The second kappa shape index (κ2) is 9.24. The van der Waals surface area contributed by atoms with E-state index in [2.05, 4.69) is 33.9 Å². The fraction of sp³-hybridized carbons (Fsp3) is 0.722. The molecule has 2 aliphatic heterocycles. The van der Waals surface area contributed by atoms with Crippen molar-refractivity contribution in [3.63, 3.8) is 0 Å². The van der Waals surface area contributed by atoms with E-state index in [9.17, 15) is 4.79 Å². The number of nitrogens with zero attached hydrogens (tertiary/aromatic N) is 5. The summed E-state index contributed by atoms with van der Waals surface area (Å²) >= 11 is 7.61. The van der Waals surface area contributed by atoms with Crippen LogP contribution in [0.25, 0.3) is 0 Å². The van der Waals surface area contributed by atoms with Crippen molar-refractivity contribution >= 4 is 35.1 Å². The minimum atomic E-state index is 0.170. The molecule has 1 aromatic heterocycles. The number of piperidine rings is 2. The van der Waals surface area contributed by atoms with Crippen LogP contribution in [0.3, 0.4) is 0 Å². The Kier molecular flexibility index (Phi) is 7.00. The van der Waals surface area contributed by atoms with Crippen molar-refractivity contribution in [3.8, 4) is 0 Å². The van der Waals surface area contributed by atoms with E-state index >= 15 is 0 Å². The normalized spacial score (nSPS) is 19.6. The Hall–Kier alpha value is -1.05. The lowest BCUT2D eigenvalue weighted by Crippen LogP contribution is -2.42. The summed E-state index contributed by atoms with van der Waals surface area (Å²) in [5.41, 5.74) is 0. The summed E-state index contributed by atoms with van der Waals surface area (Å²) in [4.78, 5) is 27.8. The van der Waals surface area contributed by atoms with Crippen LogP contribution in [0.15, 0.2) is 11.2 Å². The van der Waals surface area contributed by atoms with Crippen molar-refractivity contribution < 1.29 is 4.79 Å². The summed E-state index contributed by atoms with van der Waals surface area (Å²) in [6.07, 6.45) is 5.67. The first-order valence-corrected chi connectivity index (χ1v) is 10.8. The smallest absolute Gasteiger partial charge is 0.233 e. The molecular weight excluding hydrogens is 370 g/mol. The number of thioether (sulfide) groups is 1. The van der Waals surface area contributed by atoms with Crippen LogP contribution in [-0.2, 0) is 4.79 Å². The van der Waals surface area contributed by atoms with E-state index in [0.29, 0.717) is 22.1 Å². The first-order valence-electron chi connectivity index (χ1n) is 9.39. The van der Waals surface area contributed by atoms with Gasteiger partial charge in [0.15, 0.2) is 5.16 Å². The van der Waals surface area contributed by atoms with Crippen LogP contribution in [0.1, 0.15) is 32.1 Å². The third-order valence-electron chi connectivity index (χ3n) is 5.29. The number of aromatic nitrogens is 2. The predicted octanol–water partition coefficient (Wildman–Crippen LogP) is 2.77. The van der Waals surface area contributed by atoms with Crippen LogP contribution in [0.5, 0.6) is 0 Å². The third kappa shape index (κ3) is 5.24. The van der Waals surface area contributed by atoms with Crippen LogP contribution in [-0.4, -0.2) is 77.7 Å². The number of anilines is 1. The van der Waals surface area contributed by atoms with Crippen molar-refractivity contribution in [1.82, 2.24) is 19.8 Å². The van der Waals surface area contributed by atoms with Gasteiger partial charge in [-0.2, -0.15) is 0 Å². The van der Waals surface area contributed by atoms with Gasteiger partial charge in [0.1, 0.15) is 11.0 Å². The SMILES string of the molecule is CN1CCC(N(C)c2cc(Cl)nc(SCC(=O)N3CCCCC3)n2)CC1. The fourth-order valence-electron chi connectivity index (χ4n) is 3.56. The zero-order valence-electron chi connectivity index (χ0n) is 15.7. The van der Waals surface area contributed by atoms with Crippen LogP contribution < -0.4 is 4.90 Å². The Labute approximate surface area is 165 Å². The van der Waals surface area contributed by atoms with E-state index < -0.39 is 0 Å². The summed E-state index contributed by atoms with van der Waals surface area (Å²) in [5.74, 6) is 1.38. The zero-order chi connectivity index (χ0) is 18.5. The topological polar surface area (TPSA) is 52.6 Å². The quantitative estimate of drug-likeness (QED) is 0.432. The number of likely N-dealkylation sites (tertiary alicyclic amines) is 2. The molecule has 0 spiro atoms. The highest BCUT2D eigenvalue weighted by atomic mass is 35.5. The summed E-state index contributed by atoms with van der Waals surface area (Å²) in [6, 6.07) is 2.28. The molecule has 0 unspecified atom stereocenters. The molecule has 0 saturated carbocycles. The average Bonchev–Trinajstić information content (AvgIpc) is 2.66. The van der Waals surface area contributed by atoms with E-state index in [1.54, 1.807) is 0 Å². The molecule has 2 saturated heterocycles. The minimum absolute atomic E-state index is 0.170. The van der Waals surface area contributed by atoms with Crippen molar-refractivity contribution in [2.75, 3.05) is 50.9 Å². The van der Waals surface area contributed by atoms with E-state index in [0.717, 1.165) is 57.7 Å². The van der Waals surface area contributed by atoms with Gasteiger partial charge in [0.25, 0.3) is 0 Å². The Bertz CT molecular complexity index is 618. The molecular formula is C18H28ClN5OS. The van der Waals surface area contributed by atoms with E-state index in [1.165, 1.54) is 18.2 Å². The van der Waals surface area contributed by atoms with Gasteiger partial charge in [-0.05, 0) is 52.2 Å². The molecule has 1 amide bonds. The molecule has 144 valence electrons. The lowest BCUT2D eigenvalue weighted by Gasteiger charge is -2.35. The molecule has 2 fully saturated rings. The fourth-order valence-corrected chi connectivity index (χ4v) is 4.54. The van der Waals surface area contributed by atoms with E-state index in [4.69, 9.17) is 11.6 Å². The molecule has 0 N–H and O–H groups in total. The maximum Gasteiger partial charge on any atom is 0.233 e. The van der Waals surface area contributed by atoms with Gasteiger partial charge in [0.05, 0.1) is 5.75 Å². The number of rotatable bonds is 5. The van der Waals surface area contributed by atoms with E-state index in [1.807, 2.05) is 11.0 Å². The number of hydrogen-bond acceptors (Lipinski definition) is 6. The second-order valence-electron chi connectivity index (χ2n) is 7.21. The molecule has 0 aromatic carbocycles. The van der Waals surface area contributed by atoms with E-state index in [-0.39, 0.29) is 5.91 Å². The van der Waals surface area contributed by atoms with Gasteiger partial charge in [0, 0.05) is 32.2 Å². The summed E-state index contributed by atoms with van der Waals surface area (Å²) in [5, 5.41) is 1.01. The van der Waals surface area contributed by atoms with Crippen molar-refractivity contribution in [2.24, 2.45) is 0 Å². The van der Waals surface area contributed by atoms with Gasteiger partial charge in [-0.3, -0.25) is 4.79 Å². The van der Waals surface area contributed by atoms with Crippen LogP contribution in [0.2, 0.25) is 5.15 Å². The number of hydrogen-bond donors (Lipinski definition) is 0. The molecule has 26 heavy (non-hydrogen) atoms. The van der Waals surface area contributed by atoms with Gasteiger partial charge in [0.2, 0.25) is 5.91 Å². The van der Waals surface area contributed by atoms with Crippen LogP contribution >= 0.6 is 23.4 Å². The molecule has 3 heterocycles. The Balaban J connectivity index is 1.60. The van der Waals surface area contributed by atoms with Crippen molar-refractivity contribution in [1.29, 1.82) is 0 Å². The number of carbonyl (C=O) groups is 1. The van der Waals surface area contributed by atoms with Crippen molar-refractivity contribution in [2.45, 2.75) is 43.3 Å². The minimum Gasteiger partial charge on any atom is -0.356 e. The highest BCUT2D eigenvalue weighted by Gasteiger charge is 2.23. The average molecular weight is 398 g/mol. The van der Waals surface area contributed by atoms with Gasteiger partial charge in [-0.15, -0.1) is 0 Å². The molecule has 6 nitrogen and oxygen atoms in total. The molecule has 0 radical (unpaired) electrons. The highest BCUT2D eigenvalue weighted by Crippen LogP contribution is 2.25. The van der Waals surface area contributed by atoms with Gasteiger partial charge in [-0.25, -0.2) is 9.97 Å². The van der Waals surface area contributed by atoms with Gasteiger partial charge in [-0.1, -0.05) is 23.4 Å². The first-order chi connectivity index (χ1) is 12.5. The lowest BCUT2D eigenvalue weighted by atomic mass is 10.0. The van der Waals surface area contributed by atoms with Gasteiger partial charge < -0.3 is 14.7 Å². The molecule has 0 bridgehead atoms. The maximum atomic E-state index is 12.4. The summed E-state index contributed by atoms with van der Waals surface area (Å²) in [7, 11) is 4.23. The molecule has 2 aliphatic rings. The summed E-state index contributed by atoms with van der Waals surface area (Å²) < 4.78 is 0. The predicted molar refractivity (Wildman–Crippen MR) is 107 cm³/mol. The first kappa shape index (κ1) is 19.7. The number of halogens is 1.